The molecule has 1 aromatic carbocycles. The van der Waals surface area contributed by atoms with Gasteiger partial charge in [-0.05, 0) is 31.0 Å². The third-order valence-electron chi connectivity index (χ3n) is 3.13. The summed E-state index contributed by atoms with van der Waals surface area (Å²) in [4.78, 5) is 3.31. The van der Waals surface area contributed by atoms with Gasteiger partial charge in [-0.15, -0.1) is 0 Å². The Hall–Kier alpha value is -0.750. The van der Waals surface area contributed by atoms with Crippen LogP contribution in [0.2, 0.25) is 0 Å². The number of aryl methyl sites for hydroxylation is 1. The molecule has 0 saturated carbocycles. The zero-order valence-corrected chi connectivity index (χ0v) is 13.2. The largest absolute Gasteiger partial charge is 0.496 e. The van der Waals surface area contributed by atoms with Crippen LogP contribution in [0.4, 0.5) is 0 Å². The van der Waals surface area contributed by atoms with E-state index in [-0.39, 0.29) is 0 Å². The maximum absolute atomic E-state index is 5.54. The van der Waals surface area contributed by atoms with Gasteiger partial charge < -0.3 is 9.72 Å². The highest BCUT2D eigenvalue weighted by atomic mass is 127. The molecule has 3 nitrogen and oxygen atoms in total. The Balaban J connectivity index is 2.46. The van der Waals surface area contributed by atoms with Gasteiger partial charge in [0, 0.05) is 58.6 Å². The number of fused-ring (bicyclic) bond motifs is 1. The minimum Gasteiger partial charge on any atom is -0.496 e. The third-order valence-corrected chi connectivity index (χ3v) is 3.95. The lowest BCUT2D eigenvalue weighted by Gasteiger charge is -2.17. The van der Waals surface area contributed by atoms with Crippen LogP contribution in [0.3, 0.4) is 0 Å². The molecule has 98 valence electrons. The van der Waals surface area contributed by atoms with Crippen molar-refractivity contribution in [2.24, 2.45) is 0 Å². The molecule has 0 atom stereocenters. The van der Waals surface area contributed by atoms with Gasteiger partial charge in [-0.1, -0.05) is 6.92 Å². The minimum atomic E-state index is 0.909. The normalized spacial score (nSPS) is 11.4. The van der Waals surface area contributed by atoms with Gasteiger partial charge in [0.2, 0.25) is 0 Å². The number of rotatable bonds is 5. The molecule has 4 heteroatoms. The van der Waals surface area contributed by atoms with E-state index in [9.17, 15) is 0 Å². The molecule has 1 aromatic heterocycles. The number of nitrogens with zero attached hydrogens (tertiary/aromatic N) is 1. The number of H-pyrrole nitrogens is 1. The van der Waals surface area contributed by atoms with E-state index in [4.69, 9.17) is 4.74 Å². The van der Waals surface area contributed by atoms with E-state index in [2.05, 4.69) is 56.9 Å². The highest BCUT2D eigenvalue weighted by Gasteiger charge is 2.13. The van der Waals surface area contributed by atoms with Crippen molar-refractivity contribution in [3.63, 3.8) is 0 Å². The van der Waals surface area contributed by atoms with Crippen LogP contribution in [0.5, 0.6) is 5.75 Å². The maximum atomic E-state index is 5.54. The lowest BCUT2D eigenvalue weighted by Crippen LogP contribution is -2.12. The second kappa shape index (κ2) is 5.93. The molecule has 0 aliphatic heterocycles. The van der Waals surface area contributed by atoms with Crippen molar-refractivity contribution < 1.29 is 4.74 Å². The van der Waals surface area contributed by atoms with Crippen molar-refractivity contribution in [1.29, 1.82) is 0 Å². The first-order valence-electron chi connectivity index (χ1n) is 6.21. The van der Waals surface area contributed by atoms with E-state index in [0.717, 1.165) is 25.3 Å². The van der Waals surface area contributed by atoms with E-state index >= 15 is 0 Å². The SMILES string of the molecule is CCCN(I)Cc1c(OC)cc(C)c2[nH]ccc12. The van der Waals surface area contributed by atoms with Crippen molar-refractivity contribution in [2.75, 3.05) is 13.7 Å². The van der Waals surface area contributed by atoms with Crippen LogP contribution in [0, 0.1) is 6.92 Å². The zero-order valence-electron chi connectivity index (χ0n) is 11.1. The molecule has 0 radical (unpaired) electrons. The van der Waals surface area contributed by atoms with Crippen molar-refractivity contribution in [2.45, 2.75) is 26.8 Å². The molecule has 1 N–H and O–H groups in total. The predicted molar refractivity (Wildman–Crippen MR) is 84.3 cm³/mol. The van der Waals surface area contributed by atoms with Crippen molar-refractivity contribution in [3.8, 4) is 5.75 Å². The summed E-state index contributed by atoms with van der Waals surface area (Å²) in [5.41, 5.74) is 3.71. The van der Waals surface area contributed by atoms with Gasteiger partial charge in [0.25, 0.3) is 0 Å². The molecule has 18 heavy (non-hydrogen) atoms. The standard InChI is InChI=1S/C14H19IN2O/c1-4-7-17(15)9-12-11-5-6-16-14(11)10(2)8-13(12)18-3/h5-6,8,16H,4,7,9H2,1-3H3. The second-order valence-corrected chi connectivity index (χ2v) is 5.85. The Morgan fingerprint density at radius 3 is 2.89 bits per heavy atom. The summed E-state index contributed by atoms with van der Waals surface area (Å²) in [6.45, 7) is 6.30. The number of hydrogen-bond donors (Lipinski definition) is 1. The van der Waals surface area contributed by atoms with Gasteiger partial charge in [-0.2, -0.15) is 0 Å². The van der Waals surface area contributed by atoms with E-state index in [1.165, 1.54) is 22.0 Å². The molecule has 0 aliphatic carbocycles. The Kier molecular flexibility index (Phi) is 4.50. The molecule has 0 saturated heterocycles. The van der Waals surface area contributed by atoms with Gasteiger partial charge in [0.15, 0.2) is 0 Å². The van der Waals surface area contributed by atoms with Crippen LogP contribution in [-0.2, 0) is 6.54 Å². The summed E-state index contributed by atoms with van der Waals surface area (Å²) in [5.74, 6) is 0.984. The number of nitrogens with one attached hydrogen (secondary N) is 1. The second-order valence-electron chi connectivity index (χ2n) is 4.48. The van der Waals surface area contributed by atoms with Crippen LogP contribution in [0.15, 0.2) is 18.3 Å². The number of halogens is 1. The van der Waals surface area contributed by atoms with E-state index in [0.29, 0.717) is 0 Å². The van der Waals surface area contributed by atoms with E-state index in [1.807, 2.05) is 6.20 Å². The van der Waals surface area contributed by atoms with Gasteiger partial charge in [-0.3, -0.25) is 0 Å². The number of hydrogen-bond acceptors (Lipinski definition) is 2. The van der Waals surface area contributed by atoms with Crippen LogP contribution in [0.1, 0.15) is 24.5 Å². The van der Waals surface area contributed by atoms with Crippen molar-refractivity contribution in [1.82, 2.24) is 8.10 Å². The Labute approximate surface area is 122 Å². The lowest BCUT2D eigenvalue weighted by molar-refractivity contribution is 0.401. The smallest absolute Gasteiger partial charge is 0.124 e. The van der Waals surface area contributed by atoms with Crippen LogP contribution in [0.25, 0.3) is 10.9 Å². The summed E-state index contributed by atoms with van der Waals surface area (Å²) < 4.78 is 7.84. The molecule has 2 aromatic rings. The summed E-state index contributed by atoms with van der Waals surface area (Å²) in [6, 6.07) is 4.25. The number of aromatic amines is 1. The highest BCUT2D eigenvalue weighted by Crippen LogP contribution is 2.32. The molecule has 0 fully saturated rings. The molecule has 2 rings (SSSR count). The molecule has 0 aliphatic rings. The molecule has 0 spiro atoms. The topological polar surface area (TPSA) is 28.3 Å². The Morgan fingerprint density at radius 1 is 1.44 bits per heavy atom. The number of aromatic nitrogens is 1. The number of ether oxygens (including phenoxy) is 1. The van der Waals surface area contributed by atoms with Crippen molar-refractivity contribution >= 4 is 33.8 Å². The average Bonchev–Trinajstić information content (AvgIpc) is 2.82. The minimum absolute atomic E-state index is 0.909. The van der Waals surface area contributed by atoms with Gasteiger partial charge in [0.05, 0.1) is 7.11 Å². The highest BCUT2D eigenvalue weighted by molar-refractivity contribution is 14.1. The van der Waals surface area contributed by atoms with Gasteiger partial charge >= 0.3 is 0 Å². The van der Waals surface area contributed by atoms with Crippen LogP contribution >= 0.6 is 22.9 Å². The fourth-order valence-corrected chi connectivity index (χ4v) is 3.10. The van der Waals surface area contributed by atoms with Gasteiger partial charge in [-0.25, -0.2) is 3.11 Å². The Bertz CT molecular complexity index is 536. The first-order valence-corrected chi connectivity index (χ1v) is 7.18. The first-order chi connectivity index (χ1) is 8.67. The molecule has 0 bridgehead atoms. The van der Waals surface area contributed by atoms with E-state index in [1.54, 1.807) is 7.11 Å². The maximum Gasteiger partial charge on any atom is 0.124 e. The summed E-state index contributed by atoms with van der Waals surface area (Å²) in [7, 11) is 1.74. The number of methoxy groups -OCH3 is 1. The van der Waals surface area contributed by atoms with E-state index < -0.39 is 0 Å². The predicted octanol–water partition coefficient (Wildman–Crippen LogP) is 4.05. The summed E-state index contributed by atoms with van der Waals surface area (Å²) >= 11 is 2.39. The average molecular weight is 358 g/mol. The van der Waals surface area contributed by atoms with Crippen LogP contribution in [-0.4, -0.2) is 21.8 Å². The lowest BCUT2D eigenvalue weighted by atomic mass is 10.0. The fraction of sp³-hybridized carbons (Fsp3) is 0.429. The first kappa shape index (κ1) is 13.7. The molecule has 0 amide bonds. The fourth-order valence-electron chi connectivity index (χ4n) is 2.27. The summed E-state index contributed by atoms with van der Waals surface area (Å²) in [6.07, 6.45) is 3.16. The van der Waals surface area contributed by atoms with Crippen molar-refractivity contribution in [3.05, 3.63) is 29.5 Å². The molecule has 0 unspecified atom stereocenters. The zero-order chi connectivity index (χ0) is 13.1. The van der Waals surface area contributed by atoms with Crippen LogP contribution < -0.4 is 4.74 Å². The number of benzene rings is 1. The summed E-state index contributed by atoms with van der Waals surface area (Å²) in [5, 5.41) is 1.27. The third kappa shape index (κ3) is 2.64. The van der Waals surface area contributed by atoms with Gasteiger partial charge in [0.1, 0.15) is 5.75 Å². The molecule has 1 heterocycles. The molecular weight excluding hydrogens is 339 g/mol. The Morgan fingerprint density at radius 2 is 2.22 bits per heavy atom. The molecular formula is C14H19IN2O. The monoisotopic (exact) mass is 358 g/mol. The quantitative estimate of drug-likeness (QED) is 0.645.